The van der Waals surface area contributed by atoms with E-state index >= 15 is 0 Å². The summed E-state index contributed by atoms with van der Waals surface area (Å²) in [5, 5.41) is 19.9. The van der Waals surface area contributed by atoms with E-state index in [9.17, 15) is 28.2 Å². The molecule has 1 aromatic rings. The number of aromatic carboxylic acids is 1. The minimum absolute atomic E-state index is 0. The molecule has 0 fully saturated rings. The molecule has 0 atom stereocenters. The van der Waals surface area contributed by atoms with Crippen molar-refractivity contribution in [2.75, 3.05) is 6.61 Å². The first-order valence-corrected chi connectivity index (χ1v) is 7.19. The van der Waals surface area contributed by atoms with Gasteiger partial charge in [0.05, 0.1) is 11.5 Å². The molecule has 0 bridgehead atoms. The summed E-state index contributed by atoms with van der Waals surface area (Å²) in [6.45, 7) is 5.46. The van der Waals surface area contributed by atoms with Crippen LogP contribution in [0.1, 0.15) is 44.0 Å². The van der Waals surface area contributed by atoms with Gasteiger partial charge in [-0.2, -0.15) is 8.78 Å². The fourth-order valence-electron chi connectivity index (χ4n) is 1.90. The minimum atomic E-state index is -2.23. The maximum atomic E-state index is 13.8. The van der Waals surface area contributed by atoms with E-state index in [-0.39, 0.29) is 36.2 Å². The van der Waals surface area contributed by atoms with Crippen molar-refractivity contribution in [1.29, 1.82) is 0 Å². The average molecular weight is 366 g/mol. The van der Waals surface area contributed by atoms with Crippen molar-refractivity contribution in [3.8, 4) is 11.5 Å². The van der Waals surface area contributed by atoms with Gasteiger partial charge in [0.2, 0.25) is 11.6 Å². The van der Waals surface area contributed by atoms with Gasteiger partial charge < -0.3 is 19.7 Å². The number of allylic oxidation sites excluding steroid dienone is 3. The zero-order valence-corrected chi connectivity index (χ0v) is 16.6. The van der Waals surface area contributed by atoms with Gasteiger partial charge in [0.15, 0.2) is 17.3 Å². The normalized spacial score (nSPS) is 10.9. The van der Waals surface area contributed by atoms with Crippen LogP contribution < -0.4 is 39.4 Å². The Kier molecular flexibility index (Phi) is 9.92. The number of aromatic hydroxyl groups is 1. The molecule has 25 heavy (non-hydrogen) atoms. The minimum Gasteiger partial charge on any atom is -0.545 e. The number of hydrogen-bond donors (Lipinski definition) is 1. The second-order valence-corrected chi connectivity index (χ2v) is 5.46. The molecule has 0 aromatic heterocycles. The topological polar surface area (TPSA) is 69.6 Å². The number of rotatable bonds is 7. The van der Waals surface area contributed by atoms with Crippen molar-refractivity contribution in [3.05, 3.63) is 46.3 Å². The molecule has 4 nitrogen and oxygen atoms in total. The van der Waals surface area contributed by atoms with Crippen molar-refractivity contribution in [2.24, 2.45) is 0 Å². The van der Waals surface area contributed by atoms with Gasteiger partial charge in [-0.05, 0) is 39.7 Å². The molecule has 0 unspecified atom stereocenters. The molecule has 0 aliphatic carbocycles. The summed E-state index contributed by atoms with van der Waals surface area (Å²) in [7, 11) is 0. The Morgan fingerprint density at radius 2 is 1.72 bits per heavy atom. The number of hydrogen-bond acceptors (Lipinski definition) is 4. The van der Waals surface area contributed by atoms with E-state index in [1.807, 2.05) is 19.9 Å². The number of benzene rings is 1. The molecule has 0 radical (unpaired) electrons. The second kappa shape index (κ2) is 10.5. The summed E-state index contributed by atoms with van der Waals surface area (Å²) in [5.41, 5.74) is 0.484. The summed E-state index contributed by atoms with van der Waals surface area (Å²) < 4.78 is 45.9. The van der Waals surface area contributed by atoms with E-state index < -0.39 is 40.5 Å². The third-order valence-electron chi connectivity index (χ3n) is 3.21. The third kappa shape index (κ3) is 6.41. The predicted molar refractivity (Wildman–Crippen MR) is 80.2 cm³/mol. The van der Waals surface area contributed by atoms with Gasteiger partial charge in [0.1, 0.15) is 6.61 Å². The van der Waals surface area contributed by atoms with Crippen LogP contribution in [0.5, 0.6) is 11.5 Å². The Balaban J connectivity index is 0.00000576. The van der Waals surface area contributed by atoms with E-state index in [1.165, 1.54) is 5.57 Å². The fraction of sp³-hybridized carbons (Fsp3) is 0.353. The molecule has 0 saturated heterocycles. The van der Waals surface area contributed by atoms with Gasteiger partial charge in [0.25, 0.3) is 0 Å². The predicted octanol–water partition coefficient (Wildman–Crippen LogP) is 0.248. The van der Waals surface area contributed by atoms with Crippen LogP contribution in [-0.4, -0.2) is 17.7 Å². The van der Waals surface area contributed by atoms with Crippen molar-refractivity contribution in [1.82, 2.24) is 0 Å². The van der Waals surface area contributed by atoms with E-state index in [4.69, 9.17) is 4.74 Å². The van der Waals surface area contributed by atoms with Crippen LogP contribution in [-0.2, 0) is 0 Å². The van der Waals surface area contributed by atoms with Gasteiger partial charge >= 0.3 is 29.6 Å². The van der Waals surface area contributed by atoms with Crippen LogP contribution in [0, 0.1) is 17.5 Å². The molecule has 132 valence electrons. The Bertz CT molecular complexity index is 667. The number of carbonyl (C=O) groups is 1. The quantitative estimate of drug-likeness (QED) is 0.427. The Morgan fingerprint density at radius 1 is 1.12 bits per heavy atom. The smallest absolute Gasteiger partial charge is 0.545 e. The fourth-order valence-corrected chi connectivity index (χ4v) is 1.90. The number of carbonyl (C=O) groups excluding carboxylic acids is 1. The van der Waals surface area contributed by atoms with Crippen LogP contribution in [0.3, 0.4) is 0 Å². The van der Waals surface area contributed by atoms with E-state index in [2.05, 4.69) is 0 Å². The first kappa shape index (κ1) is 23.6. The summed E-state index contributed by atoms with van der Waals surface area (Å²) in [4.78, 5) is 10.6. The van der Waals surface area contributed by atoms with E-state index in [1.54, 1.807) is 13.0 Å². The van der Waals surface area contributed by atoms with Crippen molar-refractivity contribution in [3.63, 3.8) is 0 Å². The third-order valence-corrected chi connectivity index (χ3v) is 3.21. The average Bonchev–Trinajstić information content (AvgIpc) is 2.48. The van der Waals surface area contributed by atoms with Gasteiger partial charge in [-0.15, -0.1) is 0 Å². The summed E-state index contributed by atoms with van der Waals surface area (Å²) in [6.07, 6.45) is 5.09. The van der Waals surface area contributed by atoms with Crippen molar-refractivity contribution >= 4 is 5.97 Å². The number of carboxylic acids is 1. The maximum absolute atomic E-state index is 13.8. The van der Waals surface area contributed by atoms with Crippen LogP contribution in [0.2, 0.25) is 0 Å². The van der Waals surface area contributed by atoms with Gasteiger partial charge in [0, 0.05) is 0 Å². The SMILES string of the molecule is CC(C)=CCC/C(C)=C/COc1c(F)c(O)c(C(=O)[O-])c(F)c1F.[Na+]. The van der Waals surface area contributed by atoms with Gasteiger partial charge in [-0.25, -0.2) is 4.39 Å². The van der Waals surface area contributed by atoms with Crippen LogP contribution in [0.25, 0.3) is 0 Å². The summed E-state index contributed by atoms with van der Waals surface area (Å²) in [6, 6.07) is 0. The van der Waals surface area contributed by atoms with Crippen LogP contribution >= 0.6 is 0 Å². The standard InChI is InChI=1S/C17H19F3O4.Na/c1-9(2)5-4-6-10(3)7-8-24-16-13(19)12(18)11(17(22)23)15(21)14(16)20;/h5,7,21H,4,6,8H2,1-3H3,(H,22,23);/q;+1/p-1/b10-7+;. The molecule has 1 aromatic carbocycles. The molecule has 0 spiro atoms. The van der Waals surface area contributed by atoms with E-state index in [0.717, 1.165) is 12.0 Å². The van der Waals surface area contributed by atoms with Gasteiger partial charge in [-0.1, -0.05) is 17.2 Å². The molecule has 0 aliphatic rings. The summed E-state index contributed by atoms with van der Waals surface area (Å²) >= 11 is 0. The van der Waals surface area contributed by atoms with Crippen molar-refractivity contribution < 1.29 is 62.5 Å². The molecule has 8 heteroatoms. The first-order valence-electron chi connectivity index (χ1n) is 7.19. The molecule has 1 N–H and O–H groups in total. The molecular weight excluding hydrogens is 348 g/mol. The Morgan fingerprint density at radius 3 is 2.24 bits per heavy atom. The molecular formula is C17H18F3NaO4. The zero-order valence-electron chi connectivity index (χ0n) is 14.6. The second-order valence-electron chi connectivity index (χ2n) is 5.46. The first-order chi connectivity index (χ1) is 11.2. The van der Waals surface area contributed by atoms with E-state index in [0.29, 0.717) is 6.42 Å². The van der Waals surface area contributed by atoms with Crippen molar-refractivity contribution in [2.45, 2.75) is 33.6 Å². The molecule has 0 amide bonds. The number of carboxylic acid groups (broad SMARTS) is 1. The Labute approximate surface area is 166 Å². The number of halogens is 3. The largest absolute Gasteiger partial charge is 1.00 e. The summed E-state index contributed by atoms with van der Waals surface area (Å²) in [5.74, 6) is -10.4. The van der Waals surface area contributed by atoms with Gasteiger partial charge in [-0.3, -0.25) is 0 Å². The number of phenols is 1. The molecule has 0 saturated carbocycles. The van der Waals surface area contributed by atoms with Crippen LogP contribution in [0.15, 0.2) is 23.3 Å². The molecule has 1 rings (SSSR count). The molecule has 0 aliphatic heterocycles. The van der Waals surface area contributed by atoms with Crippen LogP contribution in [0.4, 0.5) is 13.2 Å². The number of ether oxygens (including phenoxy) is 1. The Hall–Kier alpha value is -1.44. The monoisotopic (exact) mass is 366 g/mol. The zero-order chi connectivity index (χ0) is 18.4. The molecule has 0 heterocycles. The maximum Gasteiger partial charge on any atom is 1.00 e.